The molecule has 0 saturated carbocycles. The highest BCUT2D eigenvalue weighted by atomic mass is 16.5. The molecule has 0 unspecified atom stereocenters. The van der Waals surface area contributed by atoms with Crippen LogP contribution in [-0.4, -0.2) is 18.4 Å². The zero-order valence-electron chi connectivity index (χ0n) is 17.3. The standard InChI is InChI=1S/C23H30N2O3/c1-6-28-20-13-8-7-12-19(20)24-21(26)14-22(27)25-23-17(15(2)3)10-9-11-18(23)16(4)5/h7-13,15-16H,6,14H2,1-5H3,(H,24,26)(H,25,27). The molecule has 150 valence electrons. The minimum absolute atomic E-state index is 0.259. The first kappa shape index (κ1) is 21.5. The van der Waals surface area contributed by atoms with Crippen molar-refractivity contribution in [3.05, 3.63) is 53.6 Å². The molecule has 0 saturated heterocycles. The van der Waals surface area contributed by atoms with Gasteiger partial charge in [-0.1, -0.05) is 58.0 Å². The zero-order valence-corrected chi connectivity index (χ0v) is 17.3. The second-order valence-electron chi connectivity index (χ2n) is 7.32. The number of para-hydroxylation sites is 3. The molecule has 2 amide bonds. The summed E-state index contributed by atoms with van der Waals surface area (Å²) in [5.41, 5.74) is 3.52. The lowest BCUT2D eigenvalue weighted by atomic mass is 9.92. The van der Waals surface area contributed by atoms with Crippen molar-refractivity contribution in [1.82, 2.24) is 0 Å². The van der Waals surface area contributed by atoms with Gasteiger partial charge in [-0.15, -0.1) is 0 Å². The SMILES string of the molecule is CCOc1ccccc1NC(=O)CC(=O)Nc1c(C(C)C)cccc1C(C)C. The van der Waals surface area contributed by atoms with Crippen LogP contribution in [0.3, 0.4) is 0 Å². The van der Waals surface area contributed by atoms with Crippen LogP contribution in [0.2, 0.25) is 0 Å². The summed E-state index contributed by atoms with van der Waals surface area (Å²) in [6, 6.07) is 13.2. The van der Waals surface area contributed by atoms with Crippen molar-refractivity contribution in [2.45, 2.75) is 52.9 Å². The van der Waals surface area contributed by atoms with Gasteiger partial charge in [0, 0.05) is 5.69 Å². The summed E-state index contributed by atoms with van der Waals surface area (Å²) < 4.78 is 5.51. The Morgan fingerprint density at radius 1 is 0.857 bits per heavy atom. The van der Waals surface area contributed by atoms with Crippen LogP contribution in [0.1, 0.15) is 64.0 Å². The third-order valence-electron chi connectivity index (χ3n) is 4.42. The molecule has 0 aliphatic rings. The number of benzene rings is 2. The van der Waals surface area contributed by atoms with Gasteiger partial charge in [0.2, 0.25) is 11.8 Å². The lowest BCUT2D eigenvalue weighted by Gasteiger charge is -2.20. The van der Waals surface area contributed by atoms with Gasteiger partial charge in [0.05, 0.1) is 12.3 Å². The minimum atomic E-state index is -0.377. The number of hydrogen-bond acceptors (Lipinski definition) is 3. The maximum absolute atomic E-state index is 12.6. The molecule has 5 nitrogen and oxygen atoms in total. The van der Waals surface area contributed by atoms with Gasteiger partial charge in [-0.3, -0.25) is 9.59 Å². The first-order chi connectivity index (χ1) is 13.3. The third kappa shape index (κ3) is 5.59. The highest BCUT2D eigenvalue weighted by Gasteiger charge is 2.18. The summed E-state index contributed by atoms with van der Waals surface area (Å²) in [5.74, 6) is 0.409. The Hall–Kier alpha value is -2.82. The van der Waals surface area contributed by atoms with E-state index in [2.05, 4.69) is 38.3 Å². The number of ether oxygens (including phenoxy) is 1. The number of carbonyl (C=O) groups is 2. The maximum atomic E-state index is 12.6. The largest absolute Gasteiger partial charge is 0.492 e. The fourth-order valence-corrected chi connectivity index (χ4v) is 3.07. The molecule has 0 atom stereocenters. The monoisotopic (exact) mass is 382 g/mol. The summed E-state index contributed by atoms with van der Waals surface area (Å²) in [6.07, 6.45) is -0.259. The van der Waals surface area contributed by atoms with E-state index in [9.17, 15) is 9.59 Å². The average Bonchev–Trinajstić information content (AvgIpc) is 2.63. The molecule has 0 bridgehead atoms. The van der Waals surface area contributed by atoms with Crippen molar-refractivity contribution >= 4 is 23.2 Å². The van der Waals surface area contributed by atoms with Gasteiger partial charge in [0.15, 0.2) is 0 Å². The van der Waals surface area contributed by atoms with Crippen molar-refractivity contribution in [3.63, 3.8) is 0 Å². The van der Waals surface area contributed by atoms with Crippen LogP contribution in [0.4, 0.5) is 11.4 Å². The molecular formula is C23H30N2O3. The zero-order chi connectivity index (χ0) is 20.7. The van der Waals surface area contributed by atoms with Gasteiger partial charge in [-0.2, -0.15) is 0 Å². The number of anilines is 2. The second kappa shape index (κ2) is 9.93. The summed E-state index contributed by atoms with van der Waals surface area (Å²) in [4.78, 5) is 24.9. The van der Waals surface area contributed by atoms with Crippen molar-refractivity contribution in [2.24, 2.45) is 0 Å². The topological polar surface area (TPSA) is 67.4 Å². The fraction of sp³-hybridized carbons (Fsp3) is 0.391. The molecule has 0 heterocycles. The van der Waals surface area contributed by atoms with E-state index in [1.807, 2.05) is 37.3 Å². The lowest BCUT2D eigenvalue weighted by molar-refractivity contribution is -0.123. The molecule has 0 spiro atoms. The van der Waals surface area contributed by atoms with Gasteiger partial charge in [-0.05, 0) is 42.0 Å². The second-order valence-corrected chi connectivity index (χ2v) is 7.32. The number of nitrogens with one attached hydrogen (secondary N) is 2. The third-order valence-corrected chi connectivity index (χ3v) is 4.42. The van der Waals surface area contributed by atoms with Gasteiger partial charge >= 0.3 is 0 Å². The first-order valence-corrected chi connectivity index (χ1v) is 9.77. The van der Waals surface area contributed by atoms with E-state index < -0.39 is 0 Å². The van der Waals surface area contributed by atoms with Crippen LogP contribution in [0, 0.1) is 0 Å². The van der Waals surface area contributed by atoms with Crippen molar-refractivity contribution in [1.29, 1.82) is 0 Å². The van der Waals surface area contributed by atoms with E-state index in [0.717, 1.165) is 16.8 Å². The molecule has 0 aliphatic heterocycles. The van der Waals surface area contributed by atoms with Gasteiger partial charge in [-0.25, -0.2) is 0 Å². The molecule has 0 aromatic heterocycles. The Morgan fingerprint density at radius 2 is 1.43 bits per heavy atom. The van der Waals surface area contributed by atoms with E-state index >= 15 is 0 Å². The van der Waals surface area contributed by atoms with Gasteiger partial charge < -0.3 is 15.4 Å². The minimum Gasteiger partial charge on any atom is -0.492 e. The molecule has 0 fully saturated rings. The normalized spacial score (nSPS) is 10.8. The molecule has 0 radical (unpaired) electrons. The highest BCUT2D eigenvalue weighted by Crippen LogP contribution is 2.32. The summed E-state index contributed by atoms with van der Waals surface area (Å²) in [5, 5.41) is 5.73. The summed E-state index contributed by atoms with van der Waals surface area (Å²) in [7, 11) is 0. The van der Waals surface area contributed by atoms with E-state index in [0.29, 0.717) is 18.0 Å². The molecule has 2 N–H and O–H groups in total. The first-order valence-electron chi connectivity index (χ1n) is 9.77. The Bertz CT molecular complexity index is 802. The summed E-state index contributed by atoms with van der Waals surface area (Å²) >= 11 is 0. The molecule has 2 aromatic carbocycles. The van der Waals surface area contributed by atoms with Gasteiger partial charge in [0.1, 0.15) is 12.2 Å². The predicted octanol–water partition coefficient (Wildman–Crippen LogP) is 5.30. The Kier molecular flexibility index (Phi) is 7.61. The van der Waals surface area contributed by atoms with Crippen LogP contribution in [0.25, 0.3) is 0 Å². The van der Waals surface area contributed by atoms with E-state index in [1.165, 1.54) is 0 Å². The Labute approximate surface area is 167 Å². The van der Waals surface area contributed by atoms with E-state index in [-0.39, 0.29) is 30.1 Å². The quantitative estimate of drug-likeness (QED) is 0.609. The Balaban J connectivity index is 2.12. The molecule has 0 aliphatic carbocycles. The lowest BCUT2D eigenvalue weighted by Crippen LogP contribution is -2.23. The summed E-state index contributed by atoms with van der Waals surface area (Å²) in [6.45, 7) is 10.7. The van der Waals surface area contributed by atoms with Crippen LogP contribution >= 0.6 is 0 Å². The predicted molar refractivity (Wildman–Crippen MR) is 114 cm³/mol. The fourth-order valence-electron chi connectivity index (χ4n) is 3.07. The molecule has 2 rings (SSSR count). The molecule has 28 heavy (non-hydrogen) atoms. The van der Waals surface area contributed by atoms with Crippen molar-refractivity contribution < 1.29 is 14.3 Å². The van der Waals surface area contributed by atoms with E-state index in [1.54, 1.807) is 12.1 Å². The number of amides is 2. The molecular weight excluding hydrogens is 352 g/mol. The van der Waals surface area contributed by atoms with Crippen molar-refractivity contribution in [3.8, 4) is 5.75 Å². The van der Waals surface area contributed by atoms with Crippen LogP contribution in [-0.2, 0) is 9.59 Å². The maximum Gasteiger partial charge on any atom is 0.233 e. The smallest absolute Gasteiger partial charge is 0.233 e. The van der Waals surface area contributed by atoms with Crippen LogP contribution in [0.5, 0.6) is 5.75 Å². The number of hydrogen-bond donors (Lipinski definition) is 2. The number of carbonyl (C=O) groups excluding carboxylic acids is 2. The van der Waals surface area contributed by atoms with Crippen LogP contribution in [0.15, 0.2) is 42.5 Å². The Morgan fingerprint density at radius 3 is 2.00 bits per heavy atom. The van der Waals surface area contributed by atoms with Crippen molar-refractivity contribution in [2.75, 3.05) is 17.2 Å². The average molecular weight is 383 g/mol. The molecule has 5 heteroatoms. The highest BCUT2D eigenvalue weighted by molar-refractivity contribution is 6.08. The number of rotatable bonds is 8. The van der Waals surface area contributed by atoms with Crippen LogP contribution < -0.4 is 15.4 Å². The molecule has 2 aromatic rings. The van der Waals surface area contributed by atoms with E-state index in [4.69, 9.17) is 4.74 Å². The van der Waals surface area contributed by atoms with Gasteiger partial charge in [0.25, 0.3) is 0 Å².